The third kappa shape index (κ3) is 3.79. The molecule has 1 saturated carbocycles. The number of thiophene rings is 1. The number of fused-ring (bicyclic) bond motifs is 1. The quantitative estimate of drug-likeness (QED) is 0.824. The average Bonchev–Trinajstić information content (AvgIpc) is 3.41. The summed E-state index contributed by atoms with van der Waals surface area (Å²) >= 11 is 1.58. The normalized spacial score (nSPS) is 29.7. The number of nitrogens with one attached hydrogen (secondary N) is 1. The van der Waals surface area contributed by atoms with Crippen LogP contribution in [0.4, 0.5) is 4.79 Å². The highest BCUT2D eigenvalue weighted by Gasteiger charge is 2.44. The van der Waals surface area contributed by atoms with E-state index < -0.39 is 0 Å². The van der Waals surface area contributed by atoms with Crippen LogP contribution in [0, 0.1) is 0 Å². The van der Waals surface area contributed by atoms with E-state index in [4.69, 9.17) is 0 Å². The Hall–Kier alpha value is -1.60. The molecule has 4 fully saturated rings. The Morgan fingerprint density at radius 1 is 0.966 bits per heavy atom. The van der Waals surface area contributed by atoms with Gasteiger partial charge in [-0.25, -0.2) is 4.79 Å². The van der Waals surface area contributed by atoms with Crippen LogP contribution >= 0.6 is 11.3 Å². The van der Waals surface area contributed by atoms with Crippen molar-refractivity contribution in [2.24, 2.45) is 0 Å². The van der Waals surface area contributed by atoms with Gasteiger partial charge in [-0.05, 0) is 50.0 Å². The number of carbonyl (C=O) groups is 2. The van der Waals surface area contributed by atoms with Crippen LogP contribution in [-0.4, -0.2) is 77.0 Å². The van der Waals surface area contributed by atoms with E-state index in [0.29, 0.717) is 24.2 Å². The van der Waals surface area contributed by atoms with Gasteiger partial charge < -0.3 is 20.0 Å². The van der Waals surface area contributed by atoms with Crippen molar-refractivity contribution < 1.29 is 9.59 Å². The van der Waals surface area contributed by atoms with Crippen molar-refractivity contribution in [3.8, 4) is 0 Å². The number of likely N-dealkylation sites (tertiary alicyclic amines) is 2. The van der Waals surface area contributed by atoms with Crippen LogP contribution in [-0.2, 0) is 0 Å². The van der Waals surface area contributed by atoms with Crippen LogP contribution < -0.4 is 5.32 Å². The standard InChI is InChI=1S/C22H32N4O2S/c27-21(16-9-14-29-15-16)25-12-5-17(6-13-25)24-10-7-18(8-11-24)26-20-4-2-1-3-19(20)23-22(26)28/h9,14-15,17-20H,1-8,10-13H2,(H,23,28). The van der Waals surface area contributed by atoms with Gasteiger partial charge in [-0.1, -0.05) is 12.8 Å². The summed E-state index contributed by atoms with van der Waals surface area (Å²) in [5, 5.41) is 7.16. The van der Waals surface area contributed by atoms with Gasteiger partial charge in [-0.2, -0.15) is 11.3 Å². The summed E-state index contributed by atoms with van der Waals surface area (Å²) in [6, 6.07) is 3.91. The number of carbonyl (C=O) groups excluding carboxylic acids is 2. The lowest BCUT2D eigenvalue weighted by Gasteiger charge is -2.44. The molecule has 2 unspecified atom stereocenters. The summed E-state index contributed by atoms with van der Waals surface area (Å²) in [5.41, 5.74) is 0.833. The number of hydrogen-bond donors (Lipinski definition) is 1. The van der Waals surface area contributed by atoms with Crippen LogP contribution in [0.25, 0.3) is 0 Å². The molecule has 5 rings (SSSR count). The van der Waals surface area contributed by atoms with Crippen LogP contribution in [0.1, 0.15) is 61.7 Å². The third-order valence-electron chi connectivity index (χ3n) is 7.56. The lowest BCUT2D eigenvalue weighted by molar-refractivity contribution is 0.0472. The van der Waals surface area contributed by atoms with Crippen molar-refractivity contribution in [3.05, 3.63) is 22.4 Å². The van der Waals surface area contributed by atoms with Crippen molar-refractivity contribution >= 4 is 23.3 Å². The second kappa shape index (κ2) is 8.26. The van der Waals surface area contributed by atoms with Crippen molar-refractivity contribution in [2.75, 3.05) is 26.2 Å². The SMILES string of the molecule is O=C(c1ccsc1)N1CCC(N2CCC(N3C(=O)NC4CCCCC43)CC2)CC1. The Balaban J connectivity index is 1.12. The van der Waals surface area contributed by atoms with E-state index in [1.165, 1.54) is 19.3 Å². The minimum Gasteiger partial charge on any atom is -0.339 e. The average molecular weight is 417 g/mol. The second-order valence-corrected chi connectivity index (χ2v) is 9.90. The molecule has 1 aromatic heterocycles. The summed E-state index contributed by atoms with van der Waals surface area (Å²) in [7, 11) is 0. The first-order valence-electron chi connectivity index (χ1n) is 11.3. The highest BCUT2D eigenvalue weighted by atomic mass is 32.1. The Morgan fingerprint density at radius 2 is 1.69 bits per heavy atom. The molecule has 6 nitrogen and oxygen atoms in total. The molecule has 0 aromatic carbocycles. The van der Waals surface area contributed by atoms with Gasteiger partial charge in [0.2, 0.25) is 0 Å². The van der Waals surface area contributed by atoms with Crippen LogP contribution in [0.15, 0.2) is 16.8 Å². The van der Waals surface area contributed by atoms with Gasteiger partial charge in [0.1, 0.15) is 0 Å². The smallest absolute Gasteiger partial charge is 0.318 e. The summed E-state index contributed by atoms with van der Waals surface area (Å²) in [6.07, 6.45) is 9.13. The van der Waals surface area contributed by atoms with Crippen molar-refractivity contribution in [3.63, 3.8) is 0 Å². The van der Waals surface area contributed by atoms with E-state index in [1.54, 1.807) is 11.3 Å². The van der Waals surface area contributed by atoms with Gasteiger partial charge in [-0.3, -0.25) is 4.79 Å². The molecule has 0 spiro atoms. The summed E-state index contributed by atoms with van der Waals surface area (Å²) < 4.78 is 0. The largest absolute Gasteiger partial charge is 0.339 e. The van der Waals surface area contributed by atoms with Gasteiger partial charge in [-0.15, -0.1) is 0 Å². The number of rotatable bonds is 3. The second-order valence-electron chi connectivity index (χ2n) is 9.12. The van der Waals surface area contributed by atoms with E-state index in [1.807, 2.05) is 21.7 Å². The first-order chi connectivity index (χ1) is 14.2. The monoisotopic (exact) mass is 416 g/mol. The van der Waals surface area contributed by atoms with Gasteiger partial charge in [0.15, 0.2) is 0 Å². The van der Waals surface area contributed by atoms with Crippen molar-refractivity contribution in [1.82, 2.24) is 20.0 Å². The summed E-state index contributed by atoms with van der Waals surface area (Å²) in [4.78, 5) is 32.0. The molecule has 158 valence electrons. The molecule has 4 heterocycles. The fourth-order valence-electron chi connectivity index (χ4n) is 5.96. The zero-order valence-electron chi connectivity index (χ0n) is 17.1. The predicted octanol–water partition coefficient (Wildman–Crippen LogP) is 3.15. The fourth-order valence-corrected chi connectivity index (χ4v) is 6.59. The van der Waals surface area contributed by atoms with Crippen LogP contribution in [0.2, 0.25) is 0 Å². The maximum Gasteiger partial charge on any atom is 0.318 e. The van der Waals surface area contributed by atoms with Crippen LogP contribution in [0.5, 0.6) is 0 Å². The minimum absolute atomic E-state index is 0.181. The number of hydrogen-bond acceptors (Lipinski definition) is 4. The molecule has 0 bridgehead atoms. The van der Waals surface area contributed by atoms with Crippen LogP contribution in [0.3, 0.4) is 0 Å². The lowest BCUT2D eigenvalue weighted by atomic mass is 9.89. The van der Waals surface area contributed by atoms with E-state index >= 15 is 0 Å². The first-order valence-corrected chi connectivity index (χ1v) is 12.3. The molecule has 3 aliphatic heterocycles. The molecule has 1 aliphatic carbocycles. The summed E-state index contributed by atoms with van der Waals surface area (Å²) in [5.74, 6) is 0.186. The van der Waals surface area contributed by atoms with E-state index in [9.17, 15) is 9.59 Å². The molecule has 1 N–H and O–H groups in total. The van der Waals surface area contributed by atoms with E-state index in [0.717, 1.165) is 63.8 Å². The number of piperidine rings is 2. The molecule has 0 radical (unpaired) electrons. The maximum atomic E-state index is 12.6. The molecule has 3 amide bonds. The molecule has 29 heavy (non-hydrogen) atoms. The third-order valence-corrected chi connectivity index (χ3v) is 8.24. The van der Waals surface area contributed by atoms with Gasteiger partial charge in [0, 0.05) is 43.6 Å². The first kappa shape index (κ1) is 19.4. The van der Waals surface area contributed by atoms with Gasteiger partial charge >= 0.3 is 6.03 Å². The highest BCUT2D eigenvalue weighted by Crippen LogP contribution is 2.33. The molecule has 2 atom stereocenters. The van der Waals surface area contributed by atoms with E-state index in [-0.39, 0.29) is 11.9 Å². The molecule has 1 aromatic rings. The highest BCUT2D eigenvalue weighted by molar-refractivity contribution is 7.08. The minimum atomic E-state index is 0.181. The molecule has 4 aliphatic rings. The molecular weight excluding hydrogens is 384 g/mol. The fraction of sp³-hybridized carbons (Fsp3) is 0.727. The Kier molecular flexibility index (Phi) is 5.52. The maximum absolute atomic E-state index is 12.6. The van der Waals surface area contributed by atoms with Gasteiger partial charge in [0.25, 0.3) is 5.91 Å². The summed E-state index contributed by atoms with van der Waals surface area (Å²) in [6.45, 7) is 3.87. The van der Waals surface area contributed by atoms with Gasteiger partial charge in [0.05, 0.1) is 17.6 Å². The molecular formula is C22H32N4O2S. The predicted molar refractivity (Wildman–Crippen MR) is 114 cm³/mol. The Labute approximate surface area is 177 Å². The van der Waals surface area contributed by atoms with E-state index in [2.05, 4.69) is 15.1 Å². The molecule has 3 saturated heterocycles. The number of amides is 3. The molecule has 7 heteroatoms. The number of nitrogens with zero attached hydrogens (tertiary/aromatic N) is 3. The Bertz CT molecular complexity index is 723. The van der Waals surface area contributed by atoms with Crippen molar-refractivity contribution in [1.29, 1.82) is 0 Å². The van der Waals surface area contributed by atoms with Crippen molar-refractivity contribution in [2.45, 2.75) is 75.5 Å². The number of urea groups is 1. The Morgan fingerprint density at radius 3 is 2.41 bits per heavy atom. The topological polar surface area (TPSA) is 55.9 Å². The zero-order chi connectivity index (χ0) is 19.8. The zero-order valence-corrected chi connectivity index (χ0v) is 17.9. The lowest BCUT2D eigenvalue weighted by Crippen LogP contribution is -2.53.